The molecule has 1 fully saturated rings. The van der Waals surface area contributed by atoms with Gasteiger partial charge in [-0.3, -0.25) is 5.32 Å². The molecular weight excluding hydrogens is 264 g/mol. The SMILES string of the molecule is NC1CCCCC1OC(=O)Nc1cccc2ccccc12. The number of fused-ring (bicyclic) bond motifs is 1. The summed E-state index contributed by atoms with van der Waals surface area (Å²) in [5.41, 5.74) is 6.77. The minimum absolute atomic E-state index is 0.0444. The highest BCUT2D eigenvalue weighted by Crippen LogP contribution is 2.24. The van der Waals surface area contributed by atoms with Gasteiger partial charge in [-0.25, -0.2) is 4.79 Å². The topological polar surface area (TPSA) is 64.3 Å². The molecule has 0 spiro atoms. The summed E-state index contributed by atoms with van der Waals surface area (Å²) in [6.07, 6.45) is 3.37. The van der Waals surface area contributed by atoms with Crippen molar-refractivity contribution in [2.75, 3.05) is 5.32 Å². The van der Waals surface area contributed by atoms with E-state index in [2.05, 4.69) is 5.32 Å². The lowest BCUT2D eigenvalue weighted by molar-refractivity contribution is 0.0729. The largest absolute Gasteiger partial charge is 0.444 e. The number of benzene rings is 2. The normalized spacial score (nSPS) is 22.0. The Morgan fingerprint density at radius 3 is 2.71 bits per heavy atom. The highest BCUT2D eigenvalue weighted by atomic mass is 16.6. The molecule has 2 unspecified atom stereocenters. The van der Waals surface area contributed by atoms with Crippen LogP contribution in [0.1, 0.15) is 25.7 Å². The Labute approximate surface area is 124 Å². The molecule has 1 aliphatic rings. The molecule has 4 nitrogen and oxygen atoms in total. The Balaban J connectivity index is 1.71. The van der Waals surface area contributed by atoms with E-state index in [0.717, 1.165) is 42.1 Å². The molecule has 0 bridgehead atoms. The molecular formula is C17H20N2O2. The van der Waals surface area contributed by atoms with E-state index in [4.69, 9.17) is 10.5 Å². The molecule has 4 heteroatoms. The molecule has 0 saturated heterocycles. The van der Waals surface area contributed by atoms with E-state index in [1.54, 1.807) is 0 Å². The summed E-state index contributed by atoms with van der Waals surface area (Å²) < 4.78 is 5.48. The van der Waals surface area contributed by atoms with Gasteiger partial charge in [0.15, 0.2) is 0 Å². The van der Waals surface area contributed by atoms with E-state index >= 15 is 0 Å². The van der Waals surface area contributed by atoms with Gasteiger partial charge in [0.1, 0.15) is 6.10 Å². The summed E-state index contributed by atoms with van der Waals surface area (Å²) in [5.74, 6) is 0. The third-order valence-electron chi connectivity index (χ3n) is 4.04. The predicted molar refractivity (Wildman–Crippen MR) is 84.3 cm³/mol. The maximum Gasteiger partial charge on any atom is 0.411 e. The van der Waals surface area contributed by atoms with Gasteiger partial charge in [-0.15, -0.1) is 0 Å². The lowest BCUT2D eigenvalue weighted by atomic mass is 9.93. The number of ether oxygens (including phenoxy) is 1. The van der Waals surface area contributed by atoms with Crippen molar-refractivity contribution in [2.24, 2.45) is 5.73 Å². The standard InChI is InChI=1S/C17H20N2O2/c18-14-9-3-4-11-16(14)21-17(20)19-15-10-5-7-12-6-1-2-8-13(12)15/h1-2,5-8,10,14,16H,3-4,9,11,18H2,(H,19,20). The van der Waals surface area contributed by atoms with Crippen LogP contribution in [0.4, 0.5) is 10.5 Å². The average Bonchev–Trinajstić information content (AvgIpc) is 2.50. The van der Waals surface area contributed by atoms with Gasteiger partial charge in [0.05, 0.1) is 5.69 Å². The van der Waals surface area contributed by atoms with Crippen LogP contribution >= 0.6 is 0 Å². The van der Waals surface area contributed by atoms with Crippen LogP contribution in [0, 0.1) is 0 Å². The van der Waals surface area contributed by atoms with Crippen LogP contribution in [0.3, 0.4) is 0 Å². The summed E-state index contributed by atoms with van der Waals surface area (Å²) in [4.78, 5) is 12.1. The maximum absolute atomic E-state index is 12.1. The fourth-order valence-electron chi connectivity index (χ4n) is 2.88. The number of hydrogen-bond donors (Lipinski definition) is 2. The molecule has 1 saturated carbocycles. The van der Waals surface area contributed by atoms with Crippen LogP contribution in [0.2, 0.25) is 0 Å². The van der Waals surface area contributed by atoms with E-state index in [0.29, 0.717) is 0 Å². The zero-order chi connectivity index (χ0) is 14.7. The number of carbonyl (C=O) groups is 1. The molecule has 1 amide bonds. The lowest BCUT2D eigenvalue weighted by Crippen LogP contribution is -2.41. The number of amides is 1. The second-order valence-electron chi connectivity index (χ2n) is 5.54. The van der Waals surface area contributed by atoms with E-state index < -0.39 is 6.09 Å². The van der Waals surface area contributed by atoms with Gasteiger partial charge in [-0.1, -0.05) is 42.8 Å². The Bertz CT molecular complexity index is 636. The van der Waals surface area contributed by atoms with Crippen LogP contribution in [-0.2, 0) is 4.74 Å². The first-order valence-electron chi connectivity index (χ1n) is 7.45. The number of nitrogens with two attached hydrogens (primary N) is 1. The van der Waals surface area contributed by atoms with E-state index in [1.807, 2.05) is 42.5 Å². The Hall–Kier alpha value is -2.07. The smallest absolute Gasteiger partial charge is 0.411 e. The van der Waals surface area contributed by atoms with E-state index in [-0.39, 0.29) is 12.1 Å². The first-order chi connectivity index (χ1) is 10.2. The van der Waals surface area contributed by atoms with Gasteiger partial charge in [0, 0.05) is 11.4 Å². The monoisotopic (exact) mass is 284 g/mol. The highest BCUT2D eigenvalue weighted by molar-refractivity contribution is 6.00. The predicted octanol–water partition coefficient (Wildman–Crippen LogP) is 3.66. The molecule has 2 atom stereocenters. The third kappa shape index (κ3) is 3.16. The molecule has 3 rings (SSSR count). The summed E-state index contributed by atoms with van der Waals surface area (Å²) in [6.45, 7) is 0. The molecule has 110 valence electrons. The molecule has 21 heavy (non-hydrogen) atoms. The van der Waals surface area contributed by atoms with Crippen molar-refractivity contribution >= 4 is 22.6 Å². The minimum Gasteiger partial charge on any atom is -0.444 e. The van der Waals surface area contributed by atoms with Gasteiger partial charge >= 0.3 is 6.09 Å². The van der Waals surface area contributed by atoms with Crippen molar-refractivity contribution in [3.8, 4) is 0 Å². The fraction of sp³-hybridized carbons (Fsp3) is 0.353. The lowest BCUT2D eigenvalue weighted by Gasteiger charge is -2.28. The zero-order valence-electron chi connectivity index (χ0n) is 11.9. The summed E-state index contributed by atoms with van der Waals surface area (Å²) >= 11 is 0. The molecule has 0 radical (unpaired) electrons. The molecule has 1 aliphatic carbocycles. The van der Waals surface area contributed by atoms with Crippen molar-refractivity contribution in [1.29, 1.82) is 0 Å². The van der Waals surface area contributed by atoms with Crippen LogP contribution in [0.15, 0.2) is 42.5 Å². The summed E-state index contributed by atoms with van der Waals surface area (Å²) in [6, 6.07) is 13.7. The van der Waals surface area contributed by atoms with Gasteiger partial charge in [-0.2, -0.15) is 0 Å². The Kier molecular flexibility index (Phi) is 4.06. The molecule has 3 N–H and O–H groups in total. The number of nitrogens with one attached hydrogen (secondary N) is 1. The van der Waals surface area contributed by atoms with Gasteiger partial charge in [0.25, 0.3) is 0 Å². The average molecular weight is 284 g/mol. The molecule has 2 aromatic carbocycles. The second kappa shape index (κ2) is 6.14. The van der Waals surface area contributed by atoms with Crippen molar-refractivity contribution < 1.29 is 9.53 Å². The Morgan fingerprint density at radius 2 is 1.86 bits per heavy atom. The third-order valence-corrected chi connectivity index (χ3v) is 4.04. The van der Waals surface area contributed by atoms with Crippen molar-refractivity contribution in [2.45, 2.75) is 37.8 Å². The first kappa shape index (κ1) is 13.9. The minimum atomic E-state index is -0.422. The van der Waals surface area contributed by atoms with Gasteiger partial charge in [0.2, 0.25) is 0 Å². The quantitative estimate of drug-likeness (QED) is 0.884. The molecule has 2 aromatic rings. The van der Waals surface area contributed by atoms with Gasteiger partial charge in [-0.05, 0) is 30.7 Å². The van der Waals surface area contributed by atoms with E-state index in [9.17, 15) is 4.79 Å². The summed E-state index contributed by atoms with van der Waals surface area (Å²) in [5, 5.41) is 4.93. The van der Waals surface area contributed by atoms with Crippen LogP contribution in [0.25, 0.3) is 10.8 Å². The molecule has 0 heterocycles. The molecule has 0 aliphatic heterocycles. The number of rotatable bonds is 2. The van der Waals surface area contributed by atoms with Crippen LogP contribution in [0.5, 0.6) is 0 Å². The van der Waals surface area contributed by atoms with E-state index in [1.165, 1.54) is 0 Å². The van der Waals surface area contributed by atoms with Crippen molar-refractivity contribution in [3.05, 3.63) is 42.5 Å². The number of anilines is 1. The van der Waals surface area contributed by atoms with Crippen molar-refractivity contribution in [1.82, 2.24) is 0 Å². The van der Waals surface area contributed by atoms with Crippen LogP contribution in [-0.4, -0.2) is 18.2 Å². The second-order valence-corrected chi connectivity index (χ2v) is 5.54. The van der Waals surface area contributed by atoms with Gasteiger partial charge < -0.3 is 10.5 Å². The molecule has 0 aromatic heterocycles. The Morgan fingerprint density at radius 1 is 1.10 bits per heavy atom. The summed E-state index contributed by atoms with van der Waals surface area (Å²) in [7, 11) is 0. The number of carbonyl (C=O) groups excluding carboxylic acids is 1. The van der Waals surface area contributed by atoms with Crippen LogP contribution < -0.4 is 11.1 Å². The maximum atomic E-state index is 12.1. The zero-order valence-corrected chi connectivity index (χ0v) is 11.9. The first-order valence-corrected chi connectivity index (χ1v) is 7.45. The fourth-order valence-corrected chi connectivity index (χ4v) is 2.88. The van der Waals surface area contributed by atoms with Crippen molar-refractivity contribution in [3.63, 3.8) is 0 Å². The number of hydrogen-bond acceptors (Lipinski definition) is 3. The highest BCUT2D eigenvalue weighted by Gasteiger charge is 2.25.